The van der Waals surface area contributed by atoms with E-state index in [4.69, 9.17) is 50.7 Å². The molecule has 0 atom stereocenters. The van der Waals surface area contributed by atoms with Crippen molar-refractivity contribution >= 4 is 57.7 Å². The molecule has 0 saturated carbocycles. The molecule has 2 aromatic carbocycles. The van der Waals surface area contributed by atoms with Gasteiger partial charge in [0, 0.05) is 10.6 Å². The third-order valence-electron chi connectivity index (χ3n) is 3.32. The molecular formula is C16H11Cl3N6O2. The number of oxazole rings is 1. The molecule has 0 unspecified atom stereocenters. The van der Waals surface area contributed by atoms with E-state index in [0.29, 0.717) is 37.4 Å². The van der Waals surface area contributed by atoms with Crippen LogP contribution in [-0.2, 0) is 0 Å². The molecular weight excluding hydrogens is 415 g/mol. The van der Waals surface area contributed by atoms with Crippen LogP contribution >= 0.6 is 34.8 Å². The summed E-state index contributed by atoms with van der Waals surface area (Å²) in [5, 5.41) is 8.82. The highest BCUT2D eigenvalue weighted by Gasteiger charge is 2.12. The van der Waals surface area contributed by atoms with Crippen LogP contribution in [0.2, 0.25) is 15.1 Å². The van der Waals surface area contributed by atoms with E-state index in [1.807, 2.05) is 0 Å². The van der Waals surface area contributed by atoms with E-state index in [-0.39, 0.29) is 11.8 Å². The smallest absolute Gasteiger partial charge is 0.408 e. The number of aromatic amines is 1. The number of benzene rings is 2. The van der Waals surface area contributed by atoms with Gasteiger partial charge >= 0.3 is 5.76 Å². The van der Waals surface area contributed by atoms with Crippen LogP contribution in [0.15, 0.2) is 45.6 Å². The Morgan fingerprint density at radius 3 is 2.56 bits per heavy atom. The van der Waals surface area contributed by atoms with Crippen LogP contribution in [-0.4, -0.2) is 20.2 Å². The molecule has 138 valence electrons. The minimum atomic E-state index is -0.456. The number of nitrogens with zero attached hydrogens (tertiary/aromatic N) is 3. The third kappa shape index (κ3) is 4.30. The molecule has 5 N–H and O–H groups in total. The van der Waals surface area contributed by atoms with Crippen LogP contribution in [0.3, 0.4) is 0 Å². The SMILES string of the molecule is Nc1nnc(-c2cccc(Cl)c2Cl)c(N)n1.O=c1[nH]c2cc(Cl)ccc2o1. The van der Waals surface area contributed by atoms with Crippen LogP contribution in [0, 0.1) is 0 Å². The van der Waals surface area contributed by atoms with Crippen molar-refractivity contribution in [3.8, 4) is 11.3 Å². The number of nitrogens with one attached hydrogen (secondary N) is 1. The minimum Gasteiger partial charge on any atom is -0.408 e. The highest BCUT2D eigenvalue weighted by atomic mass is 35.5. The number of nitrogen functional groups attached to an aromatic ring is 2. The van der Waals surface area contributed by atoms with Crippen molar-refractivity contribution in [3.63, 3.8) is 0 Å². The van der Waals surface area contributed by atoms with Gasteiger partial charge in [-0.25, -0.2) is 4.79 Å². The number of nitrogens with two attached hydrogens (primary N) is 2. The molecule has 0 fully saturated rings. The molecule has 0 bridgehead atoms. The summed E-state index contributed by atoms with van der Waals surface area (Å²) in [5.74, 6) is -0.279. The van der Waals surface area contributed by atoms with Gasteiger partial charge in [0.1, 0.15) is 5.69 Å². The van der Waals surface area contributed by atoms with Gasteiger partial charge in [0.05, 0.1) is 15.6 Å². The lowest BCUT2D eigenvalue weighted by molar-refractivity contribution is 0.555. The largest absolute Gasteiger partial charge is 0.417 e. The summed E-state index contributed by atoms with van der Waals surface area (Å²) in [5.41, 5.74) is 13.1. The summed E-state index contributed by atoms with van der Waals surface area (Å²) in [6.07, 6.45) is 0. The molecule has 2 aromatic heterocycles. The lowest BCUT2D eigenvalue weighted by Crippen LogP contribution is -2.04. The maximum absolute atomic E-state index is 10.6. The number of anilines is 2. The first kappa shape index (κ1) is 19.0. The topological polar surface area (TPSA) is 137 Å². The Morgan fingerprint density at radius 1 is 1.04 bits per heavy atom. The summed E-state index contributed by atoms with van der Waals surface area (Å²) in [6, 6.07) is 10.1. The van der Waals surface area contributed by atoms with Crippen LogP contribution in [0.1, 0.15) is 0 Å². The molecule has 2 heterocycles. The third-order valence-corrected chi connectivity index (χ3v) is 4.37. The second kappa shape index (κ2) is 7.83. The molecule has 8 nitrogen and oxygen atoms in total. The molecule has 0 aliphatic carbocycles. The number of H-pyrrole nitrogens is 1. The molecule has 27 heavy (non-hydrogen) atoms. The maximum atomic E-state index is 10.6. The molecule has 4 rings (SSSR count). The summed E-state index contributed by atoms with van der Waals surface area (Å²) in [4.78, 5) is 16.9. The number of aromatic nitrogens is 4. The predicted molar refractivity (Wildman–Crippen MR) is 106 cm³/mol. The summed E-state index contributed by atoms with van der Waals surface area (Å²) in [7, 11) is 0. The molecule has 0 amide bonds. The van der Waals surface area contributed by atoms with E-state index in [1.54, 1.807) is 36.4 Å². The Hall–Kier alpha value is -2.81. The molecule has 0 spiro atoms. The molecule has 0 aliphatic heterocycles. The van der Waals surface area contributed by atoms with Gasteiger partial charge in [-0.3, -0.25) is 4.98 Å². The number of hydrogen-bond donors (Lipinski definition) is 3. The van der Waals surface area contributed by atoms with Crippen LogP contribution in [0.25, 0.3) is 22.4 Å². The maximum Gasteiger partial charge on any atom is 0.417 e. The molecule has 0 aliphatic rings. The Bertz CT molecular complexity index is 1170. The van der Waals surface area contributed by atoms with E-state index >= 15 is 0 Å². The lowest BCUT2D eigenvalue weighted by atomic mass is 10.1. The van der Waals surface area contributed by atoms with Gasteiger partial charge in [0.25, 0.3) is 0 Å². The number of halogens is 3. The summed E-state index contributed by atoms with van der Waals surface area (Å²) < 4.78 is 4.75. The van der Waals surface area contributed by atoms with Gasteiger partial charge in [-0.2, -0.15) is 4.98 Å². The highest BCUT2D eigenvalue weighted by Crippen LogP contribution is 2.34. The van der Waals surface area contributed by atoms with E-state index in [9.17, 15) is 4.79 Å². The number of rotatable bonds is 1. The molecule has 0 radical (unpaired) electrons. The summed E-state index contributed by atoms with van der Waals surface area (Å²) in [6.45, 7) is 0. The first-order valence-electron chi connectivity index (χ1n) is 7.33. The van der Waals surface area contributed by atoms with Gasteiger partial charge in [-0.05, 0) is 24.3 Å². The van der Waals surface area contributed by atoms with Gasteiger partial charge in [-0.1, -0.05) is 46.9 Å². The van der Waals surface area contributed by atoms with Crippen molar-refractivity contribution in [1.82, 2.24) is 20.2 Å². The normalized spacial score (nSPS) is 10.5. The second-order valence-corrected chi connectivity index (χ2v) is 6.38. The number of fused-ring (bicyclic) bond motifs is 1. The molecule has 11 heteroatoms. The predicted octanol–water partition coefficient (Wildman–Crippen LogP) is 3.78. The zero-order valence-electron chi connectivity index (χ0n) is 13.4. The molecule has 4 aromatic rings. The van der Waals surface area contributed by atoms with Crippen molar-refractivity contribution in [2.24, 2.45) is 0 Å². The minimum absolute atomic E-state index is 0.0133. The monoisotopic (exact) mass is 424 g/mol. The highest BCUT2D eigenvalue weighted by molar-refractivity contribution is 6.43. The average Bonchev–Trinajstić information content (AvgIpc) is 2.98. The van der Waals surface area contributed by atoms with Gasteiger partial charge in [-0.15, -0.1) is 10.2 Å². The zero-order valence-corrected chi connectivity index (χ0v) is 15.7. The molecule has 0 saturated heterocycles. The fraction of sp³-hybridized carbons (Fsp3) is 0. The fourth-order valence-corrected chi connectivity index (χ4v) is 2.72. The van der Waals surface area contributed by atoms with Crippen molar-refractivity contribution < 1.29 is 4.42 Å². The standard InChI is InChI=1S/C9H7Cl2N5.C7H4ClNO2/c10-5-3-1-2-4(6(5)11)7-8(12)14-9(13)16-15-7;8-4-1-2-6-5(3-4)9-7(10)11-6/h1-3H,(H4,12,13,14,16);1-3H,(H,9,10). The van der Waals surface area contributed by atoms with Crippen molar-refractivity contribution in [2.45, 2.75) is 0 Å². The van der Waals surface area contributed by atoms with Crippen molar-refractivity contribution in [2.75, 3.05) is 11.5 Å². The first-order chi connectivity index (χ1) is 12.8. The van der Waals surface area contributed by atoms with Crippen molar-refractivity contribution in [1.29, 1.82) is 0 Å². The Balaban J connectivity index is 0.000000166. The Kier molecular flexibility index (Phi) is 5.50. The van der Waals surface area contributed by atoms with Crippen LogP contribution in [0.4, 0.5) is 11.8 Å². The zero-order chi connectivity index (χ0) is 19.6. The lowest BCUT2D eigenvalue weighted by Gasteiger charge is -2.06. The van der Waals surface area contributed by atoms with Gasteiger partial charge in [0.2, 0.25) is 5.95 Å². The van der Waals surface area contributed by atoms with E-state index in [0.717, 1.165) is 0 Å². The first-order valence-corrected chi connectivity index (χ1v) is 8.47. The Morgan fingerprint density at radius 2 is 1.81 bits per heavy atom. The average molecular weight is 426 g/mol. The van der Waals surface area contributed by atoms with E-state index < -0.39 is 5.76 Å². The van der Waals surface area contributed by atoms with Crippen LogP contribution in [0.5, 0.6) is 0 Å². The van der Waals surface area contributed by atoms with E-state index in [2.05, 4.69) is 20.2 Å². The fourth-order valence-electron chi connectivity index (χ4n) is 2.15. The Labute approximate surface area is 167 Å². The second-order valence-electron chi connectivity index (χ2n) is 5.16. The summed E-state index contributed by atoms with van der Waals surface area (Å²) >= 11 is 17.6. The van der Waals surface area contributed by atoms with E-state index in [1.165, 1.54) is 0 Å². The quantitative estimate of drug-likeness (QED) is 0.422. The van der Waals surface area contributed by atoms with Crippen molar-refractivity contribution in [3.05, 3.63) is 62.0 Å². The number of hydrogen-bond acceptors (Lipinski definition) is 7. The van der Waals surface area contributed by atoms with Crippen LogP contribution < -0.4 is 17.2 Å². The van der Waals surface area contributed by atoms with Gasteiger partial charge in [0.15, 0.2) is 11.4 Å². The van der Waals surface area contributed by atoms with Gasteiger partial charge < -0.3 is 15.9 Å².